The van der Waals surface area contributed by atoms with Gasteiger partial charge in [0.2, 0.25) is 0 Å². The van der Waals surface area contributed by atoms with Crippen LogP contribution in [0.25, 0.3) is 0 Å². The maximum atomic E-state index is 11.9. The van der Waals surface area contributed by atoms with E-state index >= 15 is 0 Å². The Bertz CT molecular complexity index is 561. The van der Waals surface area contributed by atoms with Crippen molar-refractivity contribution >= 4 is 5.97 Å². The Balaban J connectivity index is 1.92. The molecule has 0 amide bonds. The van der Waals surface area contributed by atoms with Crippen molar-refractivity contribution in [3.63, 3.8) is 0 Å². The van der Waals surface area contributed by atoms with E-state index in [9.17, 15) is 40.5 Å². The first kappa shape index (κ1) is 27.3. The summed E-state index contributed by atoms with van der Waals surface area (Å²) in [5.41, 5.74) is 0. The molecule has 12 heteroatoms. The first-order valence-corrected chi connectivity index (χ1v) is 11.0. The topological polar surface area (TPSA) is 196 Å². The van der Waals surface area contributed by atoms with Crippen LogP contribution in [0, 0.1) is 0 Å². The molecule has 0 aromatic heterocycles. The summed E-state index contributed by atoms with van der Waals surface area (Å²) < 4.78 is 21.0. The van der Waals surface area contributed by atoms with Crippen molar-refractivity contribution < 1.29 is 59.5 Å². The van der Waals surface area contributed by atoms with Crippen LogP contribution >= 0.6 is 0 Å². The number of hydrogen-bond donors (Lipinski definition) is 7. The van der Waals surface area contributed by atoms with Crippen LogP contribution in [0.4, 0.5) is 0 Å². The van der Waals surface area contributed by atoms with Gasteiger partial charge >= 0.3 is 5.97 Å². The maximum absolute atomic E-state index is 11.9. The van der Waals surface area contributed by atoms with E-state index < -0.39 is 80.6 Å². The summed E-state index contributed by atoms with van der Waals surface area (Å²) in [7, 11) is 0. The van der Waals surface area contributed by atoms with E-state index in [1.54, 1.807) is 0 Å². The van der Waals surface area contributed by atoms with E-state index in [-0.39, 0.29) is 6.42 Å². The molecule has 2 saturated heterocycles. The monoisotopic (exact) mass is 468 g/mol. The molecule has 2 heterocycles. The molecule has 2 aliphatic heterocycles. The van der Waals surface area contributed by atoms with Gasteiger partial charge in [0.15, 0.2) is 12.6 Å². The van der Waals surface area contributed by atoms with Gasteiger partial charge in [0.05, 0.1) is 6.61 Å². The van der Waals surface area contributed by atoms with Gasteiger partial charge in [-0.2, -0.15) is 0 Å². The maximum Gasteiger partial charge on any atom is 0.305 e. The van der Waals surface area contributed by atoms with Crippen molar-refractivity contribution in [2.45, 2.75) is 107 Å². The van der Waals surface area contributed by atoms with Gasteiger partial charge in [-0.05, 0) is 6.42 Å². The number of carbonyl (C=O) groups excluding carboxylic acids is 1. The predicted molar refractivity (Wildman–Crippen MR) is 106 cm³/mol. The normalized spacial score (nSPS) is 40.2. The summed E-state index contributed by atoms with van der Waals surface area (Å²) in [5.74, 6) is -0.496. The van der Waals surface area contributed by atoms with Crippen molar-refractivity contribution in [2.75, 3.05) is 13.2 Å². The highest BCUT2D eigenvalue weighted by atomic mass is 16.7. The molecular formula is C20H36O12. The average molecular weight is 468 g/mol. The van der Waals surface area contributed by atoms with Crippen LogP contribution in [-0.4, -0.2) is 116 Å². The molecule has 0 aromatic carbocycles. The highest BCUT2D eigenvalue weighted by Crippen LogP contribution is 2.28. The van der Waals surface area contributed by atoms with Crippen molar-refractivity contribution in [2.24, 2.45) is 0 Å². The minimum absolute atomic E-state index is 0.196. The smallest absolute Gasteiger partial charge is 0.305 e. The van der Waals surface area contributed by atoms with Gasteiger partial charge in [0.25, 0.3) is 0 Å². The average Bonchev–Trinajstić information content (AvgIpc) is 2.78. The summed E-state index contributed by atoms with van der Waals surface area (Å²) in [5, 5.41) is 69.5. The molecule has 0 saturated carbocycles. The molecule has 12 nitrogen and oxygen atoms in total. The second kappa shape index (κ2) is 13.1. The molecule has 10 atom stereocenters. The number of aliphatic hydroxyl groups excluding tert-OH is 7. The SMILES string of the molecule is CCCCCCCC(=O)OC[C@H]1O[C@@H](O[C@H]2[C@H](O)[C@@H](O)C(O)O[C@@H]2CO)[C@H](O)[C@@H](O)[C@H]1O. The predicted octanol–water partition coefficient (Wildman–Crippen LogP) is -2.49. The van der Waals surface area contributed by atoms with E-state index in [1.807, 2.05) is 0 Å². The highest BCUT2D eigenvalue weighted by molar-refractivity contribution is 5.69. The minimum atomic E-state index is -1.76. The number of hydrogen-bond acceptors (Lipinski definition) is 12. The van der Waals surface area contributed by atoms with Crippen molar-refractivity contribution in [1.82, 2.24) is 0 Å². The molecule has 188 valence electrons. The Kier molecular flexibility index (Phi) is 11.2. The summed E-state index contributed by atoms with van der Waals surface area (Å²) in [4.78, 5) is 11.9. The summed E-state index contributed by atoms with van der Waals surface area (Å²) in [6.45, 7) is 0.982. The lowest BCUT2D eigenvalue weighted by molar-refractivity contribution is -0.355. The fourth-order valence-electron chi connectivity index (χ4n) is 3.68. The lowest BCUT2D eigenvalue weighted by Crippen LogP contribution is -2.64. The first-order valence-electron chi connectivity index (χ1n) is 11.0. The van der Waals surface area contributed by atoms with Crippen LogP contribution in [-0.2, 0) is 23.7 Å². The van der Waals surface area contributed by atoms with Crippen LogP contribution in [0.1, 0.15) is 45.4 Å². The minimum Gasteiger partial charge on any atom is -0.463 e. The molecule has 2 aliphatic rings. The summed E-state index contributed by atoms with van der Waals surface area (Å²) in [6, 6.07) is 0. The van der Waals surface area contributed by atoms with Crippen molar-refractivity contribution in [3.05, 3.63) is 0 Å². The van der Waals surface area contributed by atoms with Gasteiger partial charge in [-0.15, -0.1) is 0 Å². The number of ether oxygens (including phenoxy) is 4. The van der Waals surface area contributed by atoms with Crippen LogP contribution in [0.3, 0.4) is 0 Å². The van der Waals surface area contributed by atoms with E-state index in [1.165, 1.54) is 0 Å². The molecule has 0 aromatic rings. The molecule has 1 unspecified atom stereocenters. The van der Waals surface area contributed by atoms with Gasteiger partial charge in [-0.25, -0.2) is 0 Å². The number of esters is 1. The lowest BCUT2D eigenvalue weighted by Gasteiger charge is -2.45. The second-order valence-electron chi connectivity index (χ2n) is 8.19. The first-order chi connectivity index (χ1) is 15.2. The van der Waals surface area contributed by atoms with Crippen LogP contribution in [0.15, 0.2) is 0 Å². The molecular weight excluding hydrogens is 432 g/mol. The largest absolute Gasteiger partial charge is 0.463 e. The van der Waals surface area contributed by atoms with E-state index in [0.29, 0.717) is 6.42 Å². The van der Waals surface area contributed by atoms with E-state index in [2.05, 4.69) is 6.92 Å². The number of unbranched alkanes of at least 4 members (excludes halogenated alkanes) is 4. The Hall–Kier alpha value is -0.930. The highest BCUT2D eigenvalue weighted by Gasteiger charge is 2.50. The number of rotatable bonds is 11. The molecule has 2 fully saturated rings. The Labute approximate surface area is 186 Å². The molecule has 7 N–H and O–H groups in total. The van der Waals surface area contributed by atoms with Crippen LogP contribution in [0.2, 0.25) is 0 Å². The molecule has 0 radical (unpaired) electrons. The molecule has 0 bridgehead atoms. The van der Waals surface area contributed by atoms with Gasteiger partial charge in [-0.3, -0.25) is 4.79 Å². The number of aliphatic hydroxyl groups is 7. The zero-order valence-electron chi connectivity index (χ0n) is 18.1. The third-order valence-electron chi connectivity index (χ3n) is 5.69. The lowest BCUT2D eigenvalue weighted by atomic mass is 9.97. The zero-order valence-corrected chi connectivity index (χ0v) is 18.1. The molecule has 2 rings (SSSR count). The molecule has 0 spiro atoms. The van der Waals surface area contributed by atoms with Crippen LogP contribution < -0.4 is 0 Å². The fraction of sp³-hybridized carbons (Fsp3) is 0.950. The fourth-order valence-corrected chi connectivity index (χ4v) is 3.68. The van der Waals surface area contributed by atoms with E-state index in [0.717, 1.165) is 25.7 Å². The third kappa shape index (κ3) is 7.03. The Morgan fingerprint density at radius 1 is 0.812 bits per heavy atom. The molecule has 0 aliphatic carbocycles. The van der Waals surface area contributed by atoms with Crippen molar-refractivity contribution in [1.29, 1.82) is 0 Å². The van der Waals surface area contributed by atoms with Gasteiger partial charge < -0.3 is 54.7 Å². The summed E-state index contributed by atoms with van der Waals surface area (Å²) in [6.07, 6.45) is -10.9. The summed E-state index contributed by atoms with van der Waals surface area (Å²) >= 11 is 0. The van der Waals surface area contributed by atoms with Crippen LogP contribution in [0.5, 0.6) is 0 Å². The van der Waals surface area contributed by atoms with Gasteiger partial charge in [0, 0.05) is 6.42 Å². The van der Waals surface area contributed by atoms with E-state index in [4.69, 9.17) is 18.9 Å². The third-order valence-corrected chi connectivity index (χ3v) is 5.69. The quantitative estimate of drug-likeness (QED) is 0.125. The Morgan fingerprint density at radius 3 is 2.16 bits per heavy atom. The Morgan fingerprint density at radius 2 is 1.50 bits per heavy atom. The van der Waals surface area contributed by atoms with Crippen molar-refractivity contribution in [3.8, 4) is 0 Å². The second-order valence-corrected chi connectivity index (χ2v) is 8.19. The van der Waals surface area contributed by atoms with Gasteiger partial charge in [0.1, 0.15) is 55.4 Å². The standard InChI is InChI=1S/C20H36O12/c1-2-3-4-5-6-7-12(22)29-9-11-13(23)14(24)17(27)20(31-11)32-18-10(8-21)30-19(28)16(26)15(18)25/h10-11,13-21,23-28H,2-9H2,1H3/t10-,11-,13+,14+,15-,16-,17-,18-,19?,20+/m1/s1. The number of carbonyl (C=O) groups is 1. The van der Waals surface area contributed by atoms with Gasteiger partial charge in [-0.1, -0.05) is 32.6 Å². The zero-order chi connectivity index (χ0) is 23.8. The molecule has 32 heavy (non-hydrogen) atoms.